The van der Waals surface area contributed by atoms with E-state index < -0.39 is 0 Å². The molecular formula is C8H13ClN4O2. The second-order valence-electron chi connectivity index (χ2n) is 2.84. The second kappa shape index (κ2) is 6.23. The molecule has 1 heterocycles. The number of carbonyl (C=O) groups excluding carboxylic acids is 1. The fourth-order valence-electron chi connectivity index (χ4n) is 0.862. The minimum atomic E-state index is -0.109. The molecule has 1 aromatic rings. The highest BCUT2D eigenvalue weighted by Crippen LogP contribution is 2.06. The molecule has 0 aromatic carbocycles. The molecule has 0 fully saturated rings. The van der Waals surface area contributed by atoms with Crippen molar-refractivity contribution in [2.75, 3.05) is 18.4 Å². The maximum Gasteiger partial charge on any atom is 0.315 e. The SMILES string of the molecule is CCCNC(=O)CNc1nnc(CCl)o1. The lowest BCUT2D eigenvalue weighted by molar-refractivity contribution is -0.119. The molecule has 1 amide bonds. The van der Waals surface area contributed by atoms with E-state index in [1.807, 2.05) is 6.92 Å². The molecule has 0 aliphatic rings. The Morgan fingerprint density at radius 1 is 1.53 bits per heavy atom. The Hall–Kier alpha value is -1.30. The lowest BCUT2D eigenvalue weighted by Gasteiger charge is -2.02. The average molecular weight is 233 g/mol. The van der Waals surface area contributed by atoms with Gasteiger partial charge in [0.1, 0.15) is 5.88 Å². The zero-order chi connectivity index (χ0) is 11.1. The molecule has 0 atom stereocenters. The number of anilines is 1. The zero-order valence-electron chi connectivity index (χ0n) is 8.42. The van der Waals surface area contributed by atoms with E-state index in [0.717, 1.165) is 6.42 Å². The molecule has 84 valence electrons. The van der Waals surface area contributed by atoms with Crippen LogP contribution in [-0.4, -0.2) is 29.2 Å². The highest BCUT2D eigenvalue weighted by atomic mass is 35.5. The fraction of sp³-hybridized carbons (Fsp3) is 0.625. The summed E-state index contributed by atoms with van der Waals surface area (Å²) in [6.07, 6.45) is 0.905. The van der Waals surface area contributed by atoms with Crippen molar-refractivity contribution in [2.24, 2.45) is 0 Å². The summed E-state index contributed by atoms with van der Waals surface area (Å²) in [6, 6.07) is 0.206. The molecule has 0 bridgehead atoms. The highest BCUT2D eigenvalue weighted by Gasteiger charge is 2.05. The third-order valence-electron chi connectivity index (χ3n) is 1.55. The third-order valence-corrected chi connectivity index (χ3v) is 1.78. The van der Waals surface area contributed by atoms with Gasteiger partial charge >= 0.3 is 6.01 Å². The van der Waals surface area contributed by atoms with Gasteiger partial charge in [-0.15, -0.1) is 16.7 Å². The van der Waals surface area contributed by atoms with Crippen molar-refractivity contribution in [3.05, 3.63) is 5.89 Å². The Morgan fingerprint density at radius 2 is 2.33 bits per heavy atom. The molecule has 0 spiro atoms. The van der Waals surface area contributed by atoms with Crippen LogP contribution in [0.1, 0.15) is 19.2 Å². The van der Waals surface area contributed by atoms with Gasteiger partial charge in [0.15, 0.2) is 0 Å². The van der Waals surface area contributed by atoms with Crippen molar-refractivity contribution in [1.29, 1.82) is 0 Å². The maximum atomic E-state index is 11.2. The van der Waals surface area contributed by atoms with Gasteiger partial charge in [-0.05, 0) is 6.42 Å². The van der Waals surface area contributed by atoms with Crippen LogP contribution >= 0.6 is 11.6 Å². The predicted octanol–water partition coefficient (Wildman–Crippen LogP) is 0.746. The van der Waals surface area contributed by atoms with E-state index in [9.17, 15) is 4.79 Å². The van der Waals surface area contributed by atoms with Crippen LogP contribution in [0.4, 0.5) is 6.01 Å². The molecular weight excluding hydrogens is 220 g/mol. The number of carbonyl (C=O) groups is 1. The van der Waals surface area contributed by atoms with Crippen molar-refractivity contribution in [1.82, 2.24) is 15.5 Å². The van der Waals surface area contributed by atoms with Crippen LogP contribution in [0.2, 0.25) is 0 Å². The van der Waals surface area contributed by atoms with Crippen LogP contribution in [0, 0.1) is 0 Å². The van der Waals surface area contributed by atoms with Crippen molar-refractivity contribution in [3.8, 4) is 0 Å². The number of amides is 1. The van der Waals surface area contributed by atoms with E-state index in [4.69, 9.17) is 16.0 Å². The highest BCUT2D eigenvalue weighted by molar-refractivity contribution is 6.16. The summed E-state index contributed by atoms with van der Waals surface area (Å²) < 4.78 is 5.04. The van der Waals surface area contributed by atoms with Gasteiger partial charge in [0.2, 0.25) is 11.8 Å². The zero-order valence-corrected chi connectivity index (χ0v) is 9.17. The molecule has 1 aromatic heterocycles. The smallest absolute Gasteiger partial charge is 0.315 e. The van der Waals surface area contributed by atoms with Gasteiger partial charge in [-0.3, -0.25) is 4.79 Å². The lowest BCUT2D eigenvalue weighted by atomic mass is 10.4. The number of alkyl halides is 1. The van der Waals surface area contributed by atoms with Crippen LogP contribution in [0.5, 0.6) is 0 Å². The van der Waals surface area contributed by atoms with Gasteiger partial charge in [-0.1, -0.05) is 12.0 Å². The summed E-state index contributed by atoms with van der Waals surface area (Å²) in [5, 5.41) is 12.7. The first-order valence-electron chi connectivity index (χ1n) is 4.65. The number of nitrogens with zero attached hydrogens (tertiary/aromatic N) is 2. The summed E-state index contributed by atoms with van der Waals surface area (Å²) in [6.45, 7) is 2.76. The minimum Gasteiger partial charge on any atom is -0.407 e. The summed E-state index contributed by atoms with van der Waals surface area (Å²) in [7, 11) is 0. The normalized spacial score (nSPS) is 10.0. The summed E-state index contributed by atoms with van der Waals surface area (Å²) in [5.74, 6) is 0.382. The summed E-state index contributed by atoms with van der Waals surface area (Å²) >= 11 is 5.47. The fourth-order valence-corrected chi connectivity index (χ4v) is 0.970. The monoisotopic (exact) mass is 232 g/mol. The molecule has 1 rings (SSSR count). The average Bonchev–Trinajstić information content (AvgIpc) is 2.71. The van der Waals surface area contributed by atoms with Crippen LogP contribution in [0.15, 0.2) is 4.42 Å². The first kappa shape index (κ1) is 11.8. The molecule has 15 heavy (non-hydrogen) atoms. The molecule has 0 radical (unpaired) electrons. The largest absolute Gasteiger partial charge is 0.407 e. The first-order valence-corrected chi connectivity index (χ1v) is 5.18. The number of hydrogen-bond donors (Lipinski definition) is 2. The van der Waals surface area contributed by atoms with Gasteiger partial charge in [0.25, 0.3) is 0 Å². The molecule has 0 saturated heterocycles. The number of aromatic nitrogens is 2. The van der Waals surface area contributed by atoms with E-state index >= 15 is 0 Å². The standard InChI is InChI=1S/C8H13ClN4O2/c1-2-3-10-6(14)5-11-8-13-12-7(4-9)15-8/h2-5H2,1H3,(H,10,14)(H,11,13). The summed E-state index contributed by atoms with van der Waals surface area (Å²) in [4.78, 5) is 11.2. The second-order valence-corrected chi connectivity index (χ2v) is 3.11. The molecule has 0 unspecified atom stereocenters. The van der Waals surface area contributed by atoms with Gasteiger partial charge in [-0.25, -0.2) is 0 Å². The van der Waals surface area contributed by atoms with Crippen LogP contribution in [-0.2, 0) is 10.7 Å². The molecule has 0 aliphatic heterocycles. The molecule has 6 nitrogen and oxygen atoms in total. The van der Waals surface area contributed by atoms with Crippen LogP contribution < -0.4 is 10.6 Å². The quantitative estimate of drug-likeness (QED) is 0.708. The topological polar surface area (TPSA) is 80.0 Å². The predicted molar refractivity (Wildman–Crippen MR) is 55.6 cm³/mol. The number of nitrogens with one attached hydrogen (secondary N) is 2. The van der Waals surface area contributed by atoms with Crippen LogP contribution in [0.25, 0.3) is 0 Å². The molecule has 0 saturated carbocycles. The van der Waals surface area contributed by atoms with Gasteiger partial charge < -0.3 is 15.1 Å². The van der Waals surface area contributed by atoms with Crippen molar-refractivity contribution in [3.63, 3.8) is 0 Å². The Bertz CT molecular complexity index is 315. The number of halogens is 1. The molecule has 7 heteroatoms. The van der Waals surface area contributed by atoms with E-state index in [1.165, 1.54) is 0 Å². The molecule has 0 aliphatic carbocycles. The van der Waals surface area contributed by atoms with E-state index in [1.54, 1.807) is 0 Å². The summed E-state index contributed by atoms with van der Waals surface area (Å²) in [5.41, 5.74) is 0. The van der Waals surface area contributed by atoms with E-state index in [2.05, 4.69) is 20.8 Å². The Kier molecular flexibility index (Phi) is 4.89. The minimum absolute atomic E-state index is 0.109. The van der Waals surface area contributed by atoms with Gasteiger partial charge in [0.05, 0.1) is 6.54 Å². The van der Waals surface area contributed by atoms with E-state index in [-0.39, 0.29) is 24.3 Å². The van der Waals surface area contributed by atoms with E-state index in [0.29, 0.717) is 12.4 Å². The molecule has 2 N–H and O–H groups in total. The van der Waals surface area contributed by atoms with Gasteiger partial charge in [0, 0.05) is 6.54 Å². The first-order chi connectivity index (χ1) is 7.26. The maximum absolute atomic E-state index is 11.2. The third kappa shape index (κ3) is 4.16. The van der Waals surface area contributed by atoms with Crippen molar-refractivity contribution < 1.29 is 9.21 Å². The van der Waals surface area contributed by atoms with Gasteiger partial charge in [-0.2, -0.15) is 0 Å². The Morgan fingerprint density at radius 3 is 2.93 bits per heavy atom. The Balaban J connectivity index is 2.27. The lowest BCUT2D eigenvalue weighted by Crippen LogP contribution is -2.30. The number of hydrogen-bond acceptors (Lipinski definition) is 5. The van der Waals surface area contributed by atoms with Crippen LogP contribution in [0.3, 0.4) is 0 Å². The van der Waals surface area contributed by atoms with Crippen molar-refractivity contribution in [2.45, 2.75) is 19.2 Å². The van der Waals surface area contributed by atoms with Crippen molar-refractivity contribution >= 4 is 23.5 Å². The number of rotatable bonds is 6. The Labute approximate surface area is 92.4 Å².